The number of ether oxygens (including phenoxy) is 1. The second-order valence-corrected chi connectivity index (χ2v) is 6.58. The molecule has 24 heavy (non-hydrogen) atoms. The van der Waals surface area contributed by atoms with E-state index in [1.54, 1.807) is 11.9 Å². The van der Waals surface area contributed by atoms with Crippen molar-refractivity contribution in [2.75, 3.05) is 13.6 Å². The lowest BCUT2D eigenvalue weighted by molar-refractivity contribution is -0.128. The molecule has 0 unspecified atom stereocenters. The smallest absolute Gasteiger partial charge is 0.315 e. The first-order valence-electron chi connectivity index (χ1n) is 8.67. The Labute approximate surface area is 142 Å². The number of hydrogen-bond acceptors (Lipinski definition) is 3. The van der Waals surface area contributed by atoms with Crippen molar-refractivity contribution in [2.45, 2.75) is 50.3 Å². The average molecular weight is 331 g/mol. The summed E-state index contributed by atoms with van der Waals surface area (Å²) in [5.41, 5.74) is 0. The van der Waals surface area contributed by atoms with Crippen molar-refractivity contribution in [1.82, 2.24) is 15.5 Å². The fraction of sp³-hybridized carbons (Fsp3) is 0.556. The van der Waals surface area contributed by atoms with Crippen LogP contribution in [0.5, 0.6) is 5.75 Å². The van der Waals surface area contributed by atoms with Crippen molar-refractivity contribution in [3.8, 4) is 5.75 Å². The Morgan fingerprint density at radius 1 is 1.12 bits per heavy atom. The van der Waals surface area contributed by atoms with E-state index in [0.29, 0.717) is 13.0 Å². The molecule has 0 radical (unpaired) electrons. The van der Waals surface area contributed by atoms with Crippen LogP contribution in [0.25, 0.3) is 0 Å². The van der Waals surface area contributed by atoms with Crippen LogP contribution in [0.15, 0.2) is 30.3 Å². The van der Waals surface area contributed by atoms with E-state index in [1.807, 2.05) is 30.3 Å². The predicted molar refractivity (Wildman–Crippen MR) is 90.8 cm³/mol. The number of carbonyl (C=O) groups is 2. The summed E-state index contributed by atoms with van der Waals surface area (Å²) in [6.07, 6.45) is 4.62. The highest BCUT2D eigenvalue weighted by Crippen LogP contribution is 2.24. The van der Waals surface area contributed by atoms with E-state index in [2.05, 4.69) is 10.6 Å². The summed E-state index contributed by atoms with van der Waals surface area (Å²) >= 11 is 0. The molecule has 0 spiro atoms. The van der Waals surface area contributed by atoms with Gasteiger partial charge in [0.05, 0.1) is 6.04 Å². The fourth-order valence-electron chi connectivity index (χ4n) is 3.40. The zero-order valence-electron chi connectivity index (χ0n) is 14.0. The molecule has 0 aromatic heterocycles. The van der Waals surface area contributed by atoms with Gasteiger partial charge in [-0.1, -0.05) is 24.6 Å². The van der Waals surface area contributed by atoms with Crippen molar-refractivity contribution in [1.29, 1.82) is 0 Å². The molecule has 1 saturated heterocycles. The minimum absolute atomic E-state index is 0.0223. The van der Waals surface area contributed by atoms with Gasteiger partial charge in [-0.3, -0.25) is 4.79 Å². The monoisotopic (exact) mass is 331 g/mol. The van der Waals surface area contributed by atoms with Gasteiger partial charge in [0.15, 0.2) is 0 Å². The molecular weight excluding hydrogens is 306 g/mol. The molecule has 2 fully saturated rings. The average Bonchev–Trinajstić information content (AvgIpc) is 2.90. The summed E-state index contributed by atoms with van der Waals surface area (Å²) < 4.78 is 6.06. The molecule has 1 aliphatic carbocycles. The van der Waals surface area contributed by atoms with Crippen LogP contribution in [0.2, 0.25) is 0 Å². The topological polar surface area (TPSA) is 70.7 Å². The standard InChI is InChI=1S/C18H25N3O3/c1-21-12-11-15(17(21)22)20-18(23)19-14-9-5-6-10-16(14)24-13-7-3-2-4-8-13/h2-4,7-8,14-16H,5-6,9-12H2,1H3,(H2,19,20,23)/t14-,15+,16+/m1/s1. The zero-order chi connectivity index (χ0) is 16.9. The van der Waals surface area contributed by atoms with Gasteiger partial charge in [0.25, 0.3) is 0 Å². The first-order chi connectivity index (χ1) is 11.6. The quantitative estimate of drug-likeness (QED) is 0.885. The van der Waals surface area contributed by atoms with E-state index in [-0.39, 0.29) is 24.1 Å². The lowest BCUT2D eigenvalue weighted by atomic mass is 9.92. The summed E-state index contributed by atoms with van der Waals surface area (Å²) in [7, 11) is 1.76. The van der Waals surface area contributed by atoms with Crippen LogP contribution in [-0.4, -0.2) is 48.6 Å². The maximum absolute atomic E-state index is 12.3. The number of amides is 3. The third-order valence-corrected chi connectivity index (χ3v) is 4.78. The molecule has 6 heteroatoms. The highest BCUT2D eigenvalue weighted by Gasteiger charge is 2.32. The van der Waals surface area contributed by atoms with E-state index in [9.17, 15) is 9.59 Å². The molecule has 1 saturated carbocycles. The number of rotatable bonds is 4. The number of nitrogens with one attached hydrogen (secondary N) is 2. The summed E-state index contributed by atoms with van der Waals surface area (Å²) in [6, 6.07) is 8.97. The van der Waals surface area contributed by atoms with Crippen LogP contribution in [-0.2, 0) is 4.79 Å². The predicted octanol–water partition coefficient (Wildman–Crippen LogP) is 1.91. The van der Waals surface area contributed by atoms with Gasteiger partial charge in [0, 0.05) is 13.6 Å². The molecule has 2 N–H and O–H groups in total. The van der Waals surface area contributed by atoms with Gasteiger partial charge < -0.3 is 20.3 Å². The molecule has 1 aromatic carbocycles. The second-order valence-electron chi connectivity index (χ2n) is 6.58. The Balaban J connectivity index is 1.55. The molecule has 0 bridgehead atoms. The number of likely N-dealkylation sites (tertiary alicyclic amines) is 1. The Hall–Kier alpha value is -2.24. The molecule has 3 rings (SSSR count). The number of carbonyl (C=O) groups excluding carboxylic acids is 2. The summed E-state index contributed by atoms with van der Waals surface area (Å²) in [6.45, 7) is 0.687. The minimum Gasteiger partial charge on any atom is -0.488 e. The van der Waals surface area contributed by atoms with Crippen molar-refractivity contribution < 1.29 is 14.3 Å². The second kappa shape index (κ2) is 7.55. The third kappa shape index (κ3) is 3.99. The Morgan fingerprint density at radius 3 is 2.58 bits per heavy atom. The highest BCUT2D eigenvalue weighted by atomic mass is 16.5. The summed E-state index contributed by atoms with van der Waals surface area (Å²) in [5.74, 6) is 0.801. The Bertz CT molecular complexity index is 578. The Morgan fingerprint density at radius 2 is 1.88 bits per heavy atom. The maximum atomic E-state index is 12.3. The summed E-state index contributed by atoms with van der Waals surface area (Å²) in [5, 5.41) is 5.80. The van der Waals surface area contributed by atoms with Crippen LogP contribution >= 0.6 is 0 Å². The van der Waals surface area contributed by atoms with Gasteiger partial charge in [-0.25, -0.2) is 4.79 Å². The van der Waals surface area contributed by atoms with Crippen LogP contribution in [0.1, 0.15) is 32.1 Å². The van der Waals surface area contributed by atoms with Crippen molar-refractivity contribution in [3.05, 3.63) is 30.3 Å². The van der Waals surface area contributed by atoms with Crippen LogP contribution in [0.3, 0.4) is 0 Å². The lowest BCUT2D eigenvalue weighted by Crippen LogP contribution is -2.53. The highest BCUT2D eigenvalue weighted by molar-refractivity contribution is 5.88. The number of urea groups is 1. The molecule has 130 valence electrons. The SMILES string of the molecule is CN1CC[C@H](NC(=O)N[C@@H]2CCCC[C@@H]2Oc2ccccc2)C1=O. The largest absolute Gasteiger partial charge is 0.488 e. The van der Waals surface area contributed by atoms with E-state index in [1.165, 1.54) is 0 Å². The molecule has 2 aliphatic rings. The molecule has 1 heterocycles. The molecule has 3 atom stereocenters. The molecular formula is C18H25N3O3. The van der Waals surface area contributed by atoms with E-state index in [0.717, 1.165) is 31.4 Å². The first-order valence-corrected chi connectivity index (χ1v) is 8.67. The number of benzene rings is 1. The van der Waals surface area contributed by atoms with Gasteiger partial charge in [0.2, 0.25) is 5.91 Å². The molecule has 6 nitrogen and oxygen atoms in total. The van der Waals surface area contributed by atoms with Gasteiger partial charge >= 0.3 is 6.03 Å². The number of nitrogens with zero attached hydrogens (tertiary/aromatic N) is 1. The van der Waals surface area contributed by atoms with Crippen LogP contribution < -0.4 is 15.4 Å². The molecule has 1 aromatic rings. The normalized spacial score (nSPS) is 27.0. The molecule has 1 aliphatic heterocycles. The Kier molecular flexibility index (Phi) is 5.23. The van der Waals surface area contributed by atoms with E-state index < -0.39 is 6.04 Å². The van der Waals surface area contributed by atoms with Crippen molar-refractivity contribution in [2.24, 2.45) is 0 Å². The van der Waals surface area contributed by atoms with Gasteiger partial charge in [-0.15, -0.1) is 0 Å². The van der Waals surface area contributed by atoms with Gasteiger partial charge in [-0.2, -0.15) is 0 Å². The number of hydrogen-bond donors (Lipinski definition) is 2. The van der Waals surface area contributed by atoms with Crippen molar-refractivity contribution >= 4 is 11.9 Å². The molecule has 3 amide bonds. The van der Waals surface area contributed by atoms with Crippen LogP contribution in [0, 0.1) is 0 Å². The zero-order valence-corrected chi connectivity index (χ0v) is 14.0. The van der Waals surface area contributed by atoms with Crippen molar-refractivity contribution in [3.63, 3.8) is 0 Å². The minimum atomic E-state index is -0.410. The fourth-order valence-corrected chi connectivity index (χ4v) is 3.40. The first kappa shape index (κ1) is 16.6. The van der Waals surface area contributed by atoms with Gasteiger partial charge in [-0.05, 0) is 37.8 Å². The maximum Gasteiger partial charge on any atom is 0.315 e. The third-order valence-electron chi connectivity index (χ3n) is 4.78. The van der Waals surface area contributed by atoms with Crippen LogP contribution in [0.4, 0.5) is 4.79 Å². The lowest BCUT2D eigenvalue weighted by Gasteiger charge is -2.32. The van der Waals surface area contributed by atoms with E-state index >= 15 is 0 Å². The van der Waals surface area contributed by atoms with E-state index in [4.69, 9.17) is 4.74 Å². The number of para-hydroxylation sites is 1. The summed E-state index contributed by atoms with van der Waals surface area (Å²) in [4.78, 5) is 25.8. The van der Waals surface area contributed by atoms with Gasteiger partial charge in [0.1, 0.15) is 17.9 Å². The number of likely N-dealkylation sites (N-methyl/N-ethyl adjacent to an activating group) is 1.